The summed E-state index contributed by atoms with van der Waals surface area (Å²) in [7, 11) is 0. The van der Waals surface area contributed by atoms with Gasteiger partial charge in [0.2, 0.25) is 5.43 Å². The molecule has 0 aliphatic heterocycles. The zero-order valence-electron chi connectivity index (χ0n) is 17.9. The van der Waals surface area contributed by atoms with Crippen molar-refractivity contribution < 1.29 is 4.74 Å². The van der Waals surface area contributed by atoms with E-state index in [0.717, 1.165) is 45.2 Å². The second kappa shape index (κ2) is 9.66. The maximum Gasteiger partial charge on any atom is 0.223 e. The van der Waals surface area contributed by atoms with E-state index in [4.69, 9.17) is 9.72 Å². The zero-order valence-corrected chi connectivity index (χ0v) is 19.5. The number of ether oxygens (including phenoxy) is 1. The minimum Gasteiger partial charge on any atom is -0.488 e. The molecule has 1 N–H and O–H groups in total. The summed E-state index contributed by atoms with van der Waals surface area (Å²) in [4.78, 5) is 25.8. The summed E-state index contributed by atoms with van der Waals surface area (Å²) in [6.45, 7) is 6.63. The highest BCUT2D eigenvalue weighted by Gasteiger charge is 2.15. The van der Waals surface area contributed by atoms with Crippen molar-refractivity contribution >= 4 is 33.3 Å². The Hall–Kier alpha value is -2.64. The largest absolute Gasteiger partial charge is 0.488 e. The van der Waals surface area contributed by atoms with Crippen LogP contribution in [0.5, 0.6) is 5.75 Å². The van der Waals surface area contributed by atoms with Gasteiger partial charge in [-0.3, -0.25) is 4.79 Å². The van der Waals surface area contributed by atoms with Gasteiger partial charge in [-0.1, -0.05) is 49.9 Å². The lowest BCUT2D eigenvalue weighted by atomic mass is 10.0. The number of aromatic amines is 1. The first kappa shape index (κ1) is 21.6. The lowest BCUT2D eigenvalue weighted by molar-refractivity contribution is 0.313. The van der Waals surface area contributed by atoms with Crippen molar-refractivity contribution in [1.29, 1.82) is 0 Å². The number of thioether (sulfide) groups is 1. The standard InChI is InChI=1S/C24H25N3O2S2/c1-4-10-29-21-12-25-18(11-20(21)28)13-30-23-22-19(14-31-24(22)27-15(3)26-23)17-8-6-16(5-2)7-9-17/h6-9,11-12,14H,4-5,10,13H2,1-3H3,(H,25,28). The van der Waals surface area contributed by atoms with Gasteiger partial charge < -0.3 is 9.72 Å². The first-order valence-corrected chi connectivity index (χ1v) is 12.3. The van der Waals surface area contributed by atoms with Gasteiger partial charge in [-0.15, -0.1) is 11.3 Å². The lowest BCUT2D eigenvalue weighted by Crippen LogP contribution is -2.09. The quantitative estimate of drug-likeness (QED) is 0.263. The van der Waals surface area contributed by atoms with Crippen molar-refractivity contribution in [1.82, 2.24) is 15.0 Å². The van der Waals surface area contributed by atoms with Crippen LogP contribution >= 0.6 is 23.1 Å². The smallest absolute Gasteiger partial charge is 0.223 e. The van der Waals surface area contributed by atoms with E-state index < -0.39 is 0 Å². The van der Waals surface area contributed by atoms with Crippen LogP contribution in [0.3, 0.4) is 0 Å². The van der Waals surface area contributed by atoms with E-state index in [-0.39, 0.29) is 5.43 Å². The molecule has 0 saturated carbocycles. The molecule has 160 valence electrons. The number of nitrogens with one attached hydrogen (secondary N) is 1. The zero-order chi connectivity index (χ0) is 21.8. The number of aromatic nitrogens is 3. The molecule has 0 atom stereocenters. The molecule has 0 amide bonds. The summed E-state index contributed by atoms with van der Waals surface area (Å²) in [6.07, 6.45) is 3.54. The van der Waals surface area contributed by atoms with Crippen molar-refractivity contribution in [2.45, 2.75) is 44.4 Å². The van der Waals surface area contributed by atoms with Crippen LogP contribution in [-0.2, 0) is 12.2 Å². The number of nitrogens with zero attached hydrogens (tertiary/aromatic N) is 2. The molecule has 3 heterocycles. The van der Waals surface area contributed by atoms with Crippen molar-refractivity contribution in [2.75, 3.05) is 6.61 Å². The van der Waals surface area contributed by atoms with Crippen LogP contribution in [0, 0.1) is 6.92 Å². The topological polar surface area (TPSA) is 67.9 Å². The Kier molecular flexibility index (Phi) is 6.73. The maximum atomic E-state index is 12.3. The summed E-state index contributed by atoms with van der Waals surface area (Å²) in [6, 6.07) is 10.3. The fraction of sp³-hybridized carbons (Fsp3) is 0.292. The third-order valence-corrected chi connectivity index (χ3v) is 6.84. The van der Waals surface area contributed by atoms with Crippen LogP contribution in [0.15, 0.2) is 51.7 Å². The number of hydrogen-bond acceptors (Lipinski definition) is 6. The summed E-state index contributed by atoms with van der Waals surface area (Å²) in [5.41, 5.74) is 4.39. The fourth-order valence-corrected chi connectivity index (χ4v) is 5.37. The van der Waals surface area contributed by atoms with Crippen LogP contribution in [0.4, 0.5) is 0 Å². The fourth-order valence-electron chi connectivity index (χ4n) is 3.30. The number of H-pyrrole nitrogens is 1. The number of thiophene rings is 1. The van der Waals surface area contributed by atoms with Gasteiger partial charge in [-0.25, -0.2) is 9.97 Å². The van der Waals surface area contributed by atoms with E-state index in [2.05, 4.69) is 46.5 Å². The van der Waals surface area contributed by atoms with Gasteiger partial charge >= 0.3 is 0 Å². The van der Waals surface area contributed by atoms with Gasteiger partial charge in [0.25, 0.3) is 0 Å². The molecule has 7 heteroatoms. The molecule has 0 unspecified atom stereocenters. The maximum absolute atomic E-state index is 12.3. The van der Waals surface area contributed by atoms with Gasteiger partial charge in [0.15, 0.2) is 5.75 Å². The summed E-state index contributed by atoms with van der Waals surface area (Å²) in [5, 5.41) is 4.17. The van der Waals surface area contributed by atoms with Gasteiger partial charge in [0.05, 0.1) is 12.0 Å². The molecule has 0 fully saturated rings. The minimum atomic E-state index is -0.0981. The van der Waals surface area contributed by atoms with Gasteiger partial charge in [-0.05, 0) is 30.9 Å². The van der Waals surface area contributed by atoms with Crippen LogP contribution in [0.25, 0.3) is 21.3 Å². The molecule has 4 rings (SSSR count). The molecule has 0 aliphatic carbocycles. The van der Waals surface area contributed by atoms with E-state index in [0.29, 0.717) is 18.1 Å². The highest BCUT2D eigenvalue weighted by molar-refractivity contribution is 7.98. The molecule has 1 aromatic carbocycles. The average molecular weight is 452 g/mol. The van der Waals surface area contributed by atoms with Gasteiger partial charge in [0, 0.05) is 34.7 Å². The molecule has 0 aliphatic rings. The third-order valence-electron chi connectivity index (χ3n) is 4.95. The highest BCUT2D eigenvalue weighted by Crippen LogP contribution is 2.39. The first-order chi connectivity index (χ1) is 15.1. The normalized spacial score (nSPS) is 11.2. The summed E-state index contributed by atoms with van der Waals surface area (Å²) in [5.74, 6) is 1.73. The Bertz CT molecular complexity index is 1250. The van der Waals surface area contributed by atoms with Crippen LogP contribution in [-0.4, -0.2) is 21.6 Å². The summed E-state index contributed by atoms with van der Waals surface area (Å²) < 4.78 is 5.48. The SMILES string of the molecule is CCCOc1c[nH]c(CSc2nc(C)nc3scc(-c4ccc(CC)cc4)c23)cc1=O. The first-order valence-electron chi connectivity index (χ1n) is 10.4. The molecule has 4 aromatic rings. The highest BCUT2D eigenvalue weighted by atomic mass is 32.2. The lowest BCUT2D eigenvalue weighted by Gasteiger charge is -2.08. The van der Waals surface area contributed by atoms with Crippen molar-refractivity contribution in [3.63, 3.8) is 0 Å². The molecule has 0 bridgehead atoms. The van der Waals surface area contributed by atoms with Crippen molar-refractivity contribution in [2.24, 2.45) is 0 Å². The van der Waals surface area contributed by atoms with E-state index in [9.17, 15) is 4.79 Å². The van der Waals surface area contributed by atoms with Crippen LogP contribution in [0.1, 0.15) is 37.4 Å². The van der Waals surface area contributed by atoms with Gasteiger partial charge in [-0.2, -0.15) is 0 Å². The number of fused-ring (bicyclic) bond motifs is 1. The Morgan fingerprint density at radius 1 is 1.16 bits per heavy atom. The van der Waals surface area contributed by atoms with E-state index >= 15 is 0 Å². The molecular formula is C24H25N3O2S2. The van der Waals surface area contributed by atoms with E-state index in [1.54, 1.807) is 35.4 Å². The Balaban J connectivity index is 1.63. The molecule has 0 saturated heterocycles. The molecule has 5 nitrogen and oxygen atoms in total. The Labute approximate surface area is 189 Å². The van der Waals surface area contributed by atoms with Crippen molar-refractivity contribution in [3.8, 4) is 16.9 Å². The second-order valence-corrected chi connectivity index (χ2v) is 9.10. The Morgan fingerprint density at radius 3 is 2.68 bits per heavy atom. The minimum absolute atomic E-state index is 0.0981. The van der Waals surface area contributed by atoms with Crippen LogP contribution in [0.2, 0.25) is 0 Å². The number of aryl methyl sites for hydroxylation is 2. The molecular weight excluding hydrogens is 426 g/mol. The number of benzene rings is 1. The average Bonchev–Trinajstić information content (AvgIpc) is 3.20. The van der Waals surface area contributed by atoms with E-state index in [1.807, 2.05) is 13.8 Å². The van der Waals surface area contributed by atoms with Crippen LogP contribution < -0.4 is 10.2 Å². The number of hydrogen-bond donors (Lipinski definition) is 1. The predicted molar refractivity (Wildman–Crippen MR) is 129 cm³/mol. The number of pyridine rings is 1. The second-order valence-electron chi connectivity index (χ2n) is 7.28. The Morgan fingerprint density at radius 2 is 1.97 bits per heavy atom. The molecule has 0 radical (unpaired) electrons. The third kappa shape index (κ3) is 4.83. The van der Waals surface area contributed by atoms with E-state index in [1.165, 1.54) is 11.1 Å². The monoisotopic (exact) mass is 451 g/mol. The predicted octanol–water partition coefficient (Wildman–Crippen LogP) is 6.00. The summed E-state index contributed by atoms with van der Waals surface area (Å²) >= 11 is 3.26. The molecule has 31 heavy (non-hydrogen) atoms. The molecule has 3 aromatic heterocycles. The molecule has 0 spiro atoms. The van der Waals surface area contributed by atoms with Gasteiger partial charge in [0.1, 0.15) is 15.7 Å². The van der Waals surface area contributed by atoms with Crippen molar-refractivity contribution in [3.05, 3.63) is 69.2 Å². The number of rotatable bonds is 8.